The van der Waals surface area contributed by atoms with Crippen molar-refractivity contribution in [3.05, 3.63) is 53.1 Å². The molecule has 1 heterocycles. The molecule has 0 saturated carbocycles. The summed E-state index contributed by atoms with van der Waals surface area (Å²) in [5, 5.41) is 4.27. The van der Waals surface area contributed by atoms with Gasteiger partial charge in [-0.15, -0.1) is 0 Å². The normalized spacial score (nSPS) is 12.6. The van der Waals surface area contributed by atoms with Gasteiger partial charge in [-0.3, -0.25) is 0 Å². The van der Waals surface area contributed by atoms with Crippen molar-refractivity contribution in [3.63, 3.8) is 0 Å². The second-order valence-electron chi connectivity index (χ2n) is 4.40. The van der Waals surface area contributed by atoms with Crippen LogP contribution in [-0.4, -0.2) is 16.1 Å². The van der Waals surface area contributed by atoms with E-state index in [-0.39, 0.29) is 0 Å². The minimum absolute atomic E-state index is 0.299. The van der Waals surface area contributed by atoms with E-state index >= 15 is 0 Å². The Bertz CT molecular complexity index is 507. The van der Waals surface area contributed by atoms with Gasteiger partial charge in [-0.25, -0.2) is 4.98 Å². The summed E-state index contributed by atoms with van der Waals surface area (Å²) >= 11 is 5.98. The molecule has 2 rings (SSSR count). The van der Waals surface area contributed by atoms with Gasteiger partial charge < -0.3 is 9.88 Å². The van der Waals surface area contributed by atoms with Crippen LogP contribution in [0.25, 0.3) is 0 Å². The van der Waals surface area contributed by atoms with E-state index in [1.807, 2.05) is 37.5 Å². The largest absolute Gasteiger partial charge is 0.334 e. The zero-order chi connectivity index (χ0) is 13.0. The number of aryl methyl sites for hydroxylation is 1. The molecular weight excluding hydrogens is 246 g/mol. The second-order valence-corrected chi connectivity index (χ2v) is 4.84. The van der Waals surface area contributed by atoms with Crippen LogP contribution in [0.3, 0.4) is 0 Å². The third-order valence-electron chi connectivity index (χ3n) is 3.08. The SMILES string of the molecule is Cc1nccn1CCNC(C)c1cccc(Cl)c1. The molecule has 0 bridgehead atoms. The van der Waals surface area contributed by atoms with Crippen molar-refractivity contribution >= 4 is 11.6 Å². The number of nitrogens with one attached hydrogen (secondary N) is 1. The van der Waals surface area contributed by atoms with E-state index < -0.39 is 0 Å². The number of halogens is 1. The number of aromatic nitrogens is 2. The van der Waals surface area contributed by atoms with Crippen LogP contribution < -0.4 is 5.32 Å². The van der Waals surface area contributed by atoms with E-state index in [1.54, 1.807) is 0 Å². The van der Waals surface area contributed by atoms with Gasteiger partial charge in [0.1, 0.15) is 5.82 Å². The lowest BCUT2D eigenvalue weighted by Gasteiger charge is -2.15. The first kappa shape index (κ1) is 13.1. The summed E-state index contributed by atoms with van der Waals surface area (Å²) in [5.74, 6) is 1.05. The van der Waals surface area contributed by atoms with Crippen LogP contribution in [0, 0.1) is 6.92 Å². The van der Waals surface area contributed by atoms with E-state index in [0.29, 0.717) is 6.04 Å². The third kappa shape index (κ3) is 3.34. The van der Waals surface area contributed by atoms with Crippen LogP contribution in [0.1, 0.15) is 24.4 Å². The number of nitrogens with zero attached hydrogens (tertiary/aromatic N) is 2. The molecule has 0 saturated heterocycles. The zero-order valence-corrected chi connectivity index (χ0v) is 11.5. The molecular formula is C14H18ClN3. The number of rotatable bonds is 5. The molecule has 1 unspecified atom stereocenters. The van der Waals surface area contributed by atoms with Gasteiger partial charge in [0.15, 0.2) is 0 Å². The topological polar surface area (TPSA) is 29.9 Å². The van der Waals surface area contributed by atoms with Crippen molar-refractivity contribution < 1.29 is 0 Å². The molecule has 2 aromatic rings. The van der Waals surface area contributed by atoms with E-state index in [2.05, 4.69) is 27.9 Å². The maximum atomic E-state index is 5.98. The van der Waals surface area contributed by atoms with Crippen LogP contribution in [0.2, 0.25) is 5.02 Å². The molecule has 0 spiro atoms. The van der Waals surface area contributed by atoms with Gasteiger partial charge >= 0.3 is 0 Å². The standard InChI is InChI=1S/C14H18ClN3/c1-11(13-4-3-5-14(15)10-13)16-6-8-18-9-7-17-12(18)2/h3-5,7,9-11,16H,6,8H2,1-2H3. The molecule has 4 heteroatoms. The maximum Gasteiger partial charge on any atom is 0.105 e. The summed E-state index contributed by atoms with van der Waals surface area (Å²) < 4.78 is 2.14. The fourth-order valence-electron chi connectivity index (χ4n) is 1.94. The van der Waals surface area contributed by atoms with Crippen molar-refractivity contribution in [2.24, 2.45) is 0 Å². The lowest BCUT2D eigenvalue weighted by molar-refractivity contribution is 0.526. The summed E-state index contributed by atoms with van der Waals surface area (Å²) in [6.45, 7) is 5.99. The van der Waals surface area contributed by atoms with Gasteiger partial charge in [-0.1, -0.05) is 23.7 Å². The average Bonchev–Trinajstić information content (AvgIpc) is 2.75. The zero-order valence-electron chi connectivity index (χ0n) is 10.7. The van der Waals surface area contributed by atoms with E-state index in [9.17, 15) is 0 Å². The smallest absolute Gasteiger partial charge is 0.105 e. The molecule has 0 amide bonds. The molecule has 1 aromatic heterocycles. The van der Waals surface area contributed by atoms with Gasteiger partial charge in [0, 0.05) is 36.5 Å². The Morgan fingerprint density at radius 2 is 2.28 bits per heavy atom. The van der Waals surface area contributed by atoms with E-state index in [1.165, 1.54) is 5.56 Å². The van der Waals surface area contributed by atoms with Gasteiger partial charge in [0.2, 0.25) is 0 Å². The third-order valence-corrected chi connectivity index (χ3v) is 3.31. The monoisotopic (exact) mass is 263 g/mol. The van der Waals surface area contributed by atoms with E-state index in [0.717, 1.165) is 23.9 Å². The van der Waals surface area contributed by atoms with Crippen molar-refractivity contribution in [2.45, 2.75) is 26.4 Å². The molecule has 1 N–H and O–H groups in total. The van der Waals surface area contributed by atoms with Crippen LogP contribution in [-0.2, 0) is 6.54 Å². The number of hydrogen-bond donors (Lipinski definition) is 1. The Kier molecular flexibility index (Phi) is 4.39. The lowest BCUT2D eigenvalue weighted by atomic mass is 10.1. The fourth-order valence-corrected chi connectivity index (χ4v) is 2.13. The molecule has 0 fully saturated rings. The highest BCUT2D eigenvalue weighted by molar-refractivity contribution is 6.30. The molecule has 18 heavy (non-hydrogen) atoms. The predicted octanol–water partition coefficient (Wildman–Crippen LogP) is 3.20. The van der Waals surface area contributed by atoms with Crippen molar-refractivity contribution in [3.8, 4) is 0 Å². The Hall–Kier alpha value is -1.32. The molecule has 1 atom stereocenters. The van der Waals surface area contributed by atoms with Crippen molar-refractivity contribution in [1.82, 2.24) is 14.9 Å². The van der Waals surface area contributed by atoms with Gasteiger partial charge in [0.05, 0.1) is 0 Å². The first-order valence-electron chi connectivity index (χ1n) is 6.13. The Morgan fingerprint density at radius 1 is 1.44 bits per heavy atom. The molecule has 0 aliphatic carbocycles. The highest BCUT2D eigenvalue weighted by Gasteiger charge is 2.05. The highest BCUT2D eigenvalue weighted by Crippen LogP contribution is 2.17. The molecule has 96 valence electrons. The molecule has 0 aliphatic rings. The number of hydrogen-bond acceptors (Lipinski definition) is 2. The summed E-state index contributed by atoms with van der Waals surface area (Å²) in [6.07, 6.45) is 3.83. The summed E-state index contributed by atoms with van der Waals surface area (Å²) in [5.41, 5.74) is 1.21. The van der Waals surface area contributed by atoms with Gasteiger partial charge in [0.25, 0.3) is 0 Å². The van der Waals surface area contributed by atoms with Crippen LogP contribution >= 0.6 is 11.6 Å². The summed E-state index contributed by atoms with van der Waals surface area (Å²) in [6, 6.07) is 8.27. The van der Waals surface area contributed by atoms with Gasteiger partial charge in [-0.2, -0.15) is 0 Å². The highest BCUT2D eigenvalue weighted by atomic mass is 35.5. The summed E-state index contributed by atoms with van der Waals surface area (Å²) in [4.78, 5) is 4.20. The molecule has 3 nitrogen and oxygen atoms in total. The van der Waals surface area contributed by atoms with Crippen molar-refractivity contribution in [1.29, 1.82) is 0 Å². The fraction of sp³-hybridized carbons (Fsp3) is 0.357. The Balaban J connectivity index is 1.85. The summed E-state index contributed by atoms with van der Waals surface area (Å²) in [7, 11) is 0. The molecule has 0 radical (unpaired) electrons. The second kappa shape index (κ2) is 6.03. The Labute approximate surface area is 113 Å². The first-order chi connectivity index (χ1) is 8.66. The maximum absolute atomic E-state index is 5.98. The van der Waals surface area contributed by atoms with Crippen molar-refractivity contribution in [2.75, 3.05) is 6.54 Å². The number of imidazole rings is 1. The minimum atomic E-state index is 0.299. The van der Waals surface area contributed by atoms with Crippen LogP contribution in [0.5, 0.6) is 0 Å². The van der Waals surface area contributed by atoms with Gasteiger partial charge in [-0.05, 0) is 31.5 Å². The minimum Gasteiger partial charge on any atom is -0.334 e. The quantitative estimate of drug-likeness (QED) is 0.898. The lowest BCUT2D eigenvalue weighted by Crippen LogP contribution is -2.23. The molecule has 0 aliphatic heterocycles. The van der Waals surface area contributed by atoms with Crippen LogP contribution in [0.15, 0.2) is 36.7 Å². The average molecular weight is 264 g/mol. The molecule has 1 aromatic carbocycles. The number of benzene rings is 1. The Morgan fingerprint density at radius 3 is 2.94 bits per heavy atom. The van der Waals surface area contributed by atoms with Crippen LogP contribution in [0.4, 0.5) is 0 Å². The first-order valence-corrected chi connectivity index (χ1v) is 6.51. The predicted molar refractivity (Wildman–Crippen MR) is 74.8 cm³/mol. The van der Waals surface area contributed by atoms with E-state index in [4.69, 9.17) is 11.6 Å².